The van der Waals surface area contributed by atoms with Gasteiger partial charge in [-0.2, -0.15) is 18.2 Å². The first-order valence-electron chi connectivity index (χ1n) is 8.51. The van der Waals surface area contributed by atoms with Crippen molar-refractivity contribution < 1.29 is 13.2 Å². The van der Waals surface area contributed by atoms with E-state index in [9.17, 15) is 13.2 Å². The molecular formula is C18H21F3N6. The summed E-state index contributed by atoms with van der Waals surface area (Å²) in [5.74, 6) is 0.962. The second-order valence-electron chi connectivity index (χ2n) is 6.96. The molecule has 3 aromatic rings. The Labute approximate surface area is 154 Å². The van der Waals surface area contributed by atoms with Crippen LogP contribution in [0, 0.1) is 0 Å². The summed E-state index contributed by atoms with van der Waals surface area (Å²) in [6, 6.07) is 4.79. The third-order valence-electron chi connectivity index (χ3n) is 4.41. The summed E-state index contributed by atoms with van der Waals surface area (Å²) >= 11 is 0. The maximum atomic E-state index is 12.7. The molecule has 9 heteroatoms. The van der Waals surface area contributed by atoms with Crippen LogP contribution in [0.4, 0.5) is 30.8 Å². The summed E-state index contributed by atoms with van der Waals surface area (Å²) < 4.78 is 39.8. The Hall–Kier alpha value is -2.84. The Kier molecular flexibility index (Phi) is 4.71. The monoisotopic (exact) mass is 378 g/mol. The van der Waals surface area contributed by atoms with E-state index in [-0.39, 0.29) is 5.54 Å². The fourth-order valence-corrected chi connectivity index (χ4v) is 2.42. The first-order valence-corrected chi connectivity index (χ1v) is 8.51. The van der Waals surface area contributed by atoms with Gasteiger partial charge in [0.05, 0.1) is 11.8 Å². The lowest BCUT2D eigenvalue weighted by Crippen LogP contribution is -2.30. The molecule has 6 nitrogen and oxygen atoms in total. The number of nitrogens with one attached hydrogen (secondary N) is 2. The second kappa shape index (κ2) is 6.71. The Bertz CT molecular complexity index is 944. The van der Waals surface area contributed by atoms with E-state index >= 15 is 0 Å². The molecule has 27 heavy (non-hydrogen) atoms. The number of imidazole rings is 1. The second-order valence-corrected chi connectivity index (χ2v) is 6.96. The van der Waals surface area contributed by atoms with Crippen molar-refractivity contribution in [2.75, 3.05) is 10.6 Å². The third-order valence-corrected chi connectivity index (χ3v) is 4.41. The maximum absolute atomic E-state index is 12.7. The SMILES string of the molecule is CCC(C)(C)Nc1ncc2nc(Nc3ccc(C(F)(F)F)cc3)n(C)c2n1. The van der Waals surface area contributed by atoms with E-state index in [1.807, 2.05) is 0 Å². The summed E-state index contributed by atoms with van der Waals surface area (Å²) in [6.45, 7) is 6.18. The lowest BCUT2D eigenvalue weighted by molar-refractivity contribution is -0.137. The molecule has 2 N–H and O–H groups in total. The number of rotatable bonds is 5. The van der Waals surface area contributed by atoms with Crippen LogP contribution in [0.25, 0.3) is 11.2 Å². The lowest BCUT2D eigenvalue weighted by Gasteiger charge is -2.24. The van der Waals surface area contributed by atoms with E-state index in [0.29, 0.717) is 28.7 Å². The molecule has 2 aromatic heterocycles. The van der Waals surface area contributed by atoms with Gasteiger partial charge in [0.1, 0.15) is 5.52 Å². The minimum atomic E-state index is -4.36. The van der Waals surface area contributed by atoms with Crippen LogP contribution in [0.3, 0.4) is 0 Å². The standard InChI is InChI=1S/C18H21F3N6/c1-5-17(2,3)26-15-22-10-13-14(25-15)27(4)16(24-13)23-12-8-6-11(7-9-12)18(19,20)21/h6-10H,5H2,1-4H3,(H,23,24)(H,22,25,26). The highest BCUT2D eigenvalue weighted by Gasteiger charge is 2.30. The van der Waals surface area contributed by atoms with Crippen molar-refractivity contribution in [3.05, 3.63) is 36.0 Å². The van der Waals surface area contributed by atoms with Gasteiger partial charge in [-0.15, -0.1) is 0 Å². The van der Waals surface area contributed by atoms with E-state index in [0.717, 1.165) is 18.6 Å². The molecule has 2 heterocycles. The molecule has 0 aliphatic carbocycles. The average Bonchev–Trinajstić information content (AvgIpc) is 2.90. The van der Waals surface area contributed by atoms with Crippen molar-refractivity contribution in [2.24, 2.45) is 7.05 Å². The largest absolute Gasteiger partial charge is 0.416 e. The van der Waals surface area contributed by atoms with Gasteiger partial charge in [0, 0.05) is 18.3 Å². The van der Waals surface area contributed by atoms with E-state index in [1.54, 1.807) is 17.8 Å². The Morgan fingerprint density at radius 3 is 2.33 bits per heavy atom. The van der Waals surface area contributed by atoms with Gasteiger partial charge in [-0.3, -0.25) is 4.57 Å². The van der Waals surface area contributed by atoms with Crippen molar-refractivity contribution >= 4 is 28.7 Å². The van der Waals surface area contributed by atoms with Crippen LogP contribution >= 0.6 is 0 Å². The molecule has 0 aliphatic heterocycles. The number of benzene rings is 1. The quantitative estimate of drug-likeness (QED) is 0.672. The molecular weight excluding hydrogens is 357 g/mol. The predicted octanol–water partition coefficient (Wildman–Crippen LogP) is 4.73. The molecule has 0 saturated heterocycles. The van der Waals surface area contributed by atoms with Gasteiger partial charge in [0.2, 0.25) is 11.9 Å². The zero-order chi connectivity index (χ0) is 19.8. The fraction of sp³-hybridized carbons (Fsp3) is 0.389. The van der Waals surface area contributed by atoms with E-state index in [4.69, 9.17) is 0 Å². The Morgan fingerprint density at radius 1 is 1.07 bits per heavy atom. The number of halogens is 3. The first-order chi connectivity index (χ1) is 12.6. The summed E-state index contributed by atoms with van der Waals surface area (Å²) in [5, 5.41) is 6.29. The molecule has 0 fully saturated rings. The number of fused-ring (bicyclic) bond motifs is 1. The predicted molar refractivity (Wildman–Crippen MR) is 99.0 cm³/mol. The van der Waals surface area contributed by atoms with Crippen LogP contribution < -0.4 is 10.6 Å². The molecule has 0 aliphatic rings. The summed E-state index contributed by atoms with van der Waals surface area (Å²) in [7, 11) is 1.78. The van der Waals surface area contributed by atoms with Crippen LogP contribution in [0.1, 0.15) is 32.8 Å². The molecule has 0 radical (unpaired) electrons. The van der Waals surface area contributed by atoms with Crippen LogP contribution in [0.15, 0.2) is 30.5 Å². The highest BCUT2D eigenvalue weighted by molar-refractivity contribution is 5.76. The first kappa shape index (κ1) is 18.9. The molecule has 1 aromatic carbocycles. The normalized spacial score (nSPS) is 12.4. The molecule has 0 amide bonds. The van der Waals surface area contributed by atoms with Gasteiger partial charge >= 0.3 is 6.18 Å². The van der Waals surface area contributed by atoms with Gasteiger partial charge in [-0.25, -0.2) is 9.97 Å². The summed E-state index contributed by atoms with van der Waals surface area (Å²) in [5.41, 5.74) is 0.867. The van der Waals surface area contributed by atoms with Crippen molar-refractivity contribution in [3.63, 3.8) is 0 Å². The summed E-state index contributed by atoms with van der Waals surface area (Å²) in [6.07, 6.45) is -1.84. The Morgan fingerprint density at radius 2 is 1.74 bits per heavy atom. The molecule has 0 bridgehead atoms. The number of aryl methyl sites for hydroxylation is 1. The fourth-order valence-electron chi connectivity index (χ4n) is 2.42. The molecule has 0 unspecified atom stereocenters. The number of hydrogen-bond acceptors (Lipinski definition) is 5. The van der Waals surface area contributed by atoms with Gasteiger partial charge < -0.3 is 10.6 Å². The van der Waals surface area contributed by atoms with Crippen molar-refractivity contribution in [1.82, 2.24) is 19.5 Å². The van der Waals surface area contributed by atoms with Gasteiger partial charge in [0.25, 0.3) is 0 Å². The average molecular weight is 378 g/mol. The zero-order valence-electron chi connectivity index (χ0n) is 15.5. The lowest BCUT2D eigenvalue weighted by atomic mass is 10.0. The highest BCUT2D eigenvalue weighted by Crippen LogP contribution is 2.30. The van der Waals surface area contributed by atoms with Gasteiger partial charge in [-0.05, 0) is 44.5 Å². The van der Waals surface area contributed by atoms with E-state index in [1.165, 1.54) is 12.1 Å². The smallest absolute Gasteiger partial charge is 0.349 e. The topological polar surface area (TPSA) is 67.7 Å². The molecule has 0 atom stereocenters. The number of nitrogens with zero attached hydrogens (tertiary/aromatic N) is 4. The number of hydrogen-bond donors (Lipinski definition) is 2. The molecule has 0 spiro atoms. The summed E-state index contributed by atoms with van der Waals surface area (Å²) in [4.78, 5) is 13.2. The minimum Gasteiger partial charge on any atom is -0.349 e. The van der Waals surface area contributed by atoms with Gasteiger partial charge in [0.15, 0.2) is 5.65 Å². The minimum absolute atomic E-state index is 0.145. The molecule has 0 saturated carbocycles. The van der Waals surface area contributed by atoms with Crippen LogP contribution in [0.5, 0.6) is 0 Å². The van der Waals surface area contributed by atoms with Crippen molar-refractivity contribution in [2.45, 2.75) is 38.9 Å². The molecule has 144 valence electrons. The third kappa shape index (κ3) is 4.12. The van der Waals surface area contributed by atoms with Crippen LogP contribution in [0.2, 0.25) is 0 Å². The zero-order valence-corrected chi connectivity index (χ0v) is 15.5. The maximum Gasteiger partial charge on any atom is 0.416 e. The van der Waals surface area contributed by atoms with E-state index in [2.05, 4.69) is 46.4 Å². The number of alkyl halides is 3. The van der Waals surface area contributed by atoms with Crippen LogP contribution in [-0.2, 0) is 13.2 Å². The van der Waals surface area contributed by atoms with Crippen molar-refractivity contribution in [1.29, 1.82) is 0 Å². The number of anilines is 3. The van der Waals surface area contributed by atoms with E-state index < -0.39 is 11.7 Å². The Balaban J connectivity index is 1.86. The molecule has 3 rings (SSSR count). The van der Waals surface area contributed by atoms with Crippen molar-refractivity contribution in [3.8, 4) is 0 Å². The highest BCUT2D eigenvalue weighted by atomic mass is 19.4. The number of aromatic nitrogens is 4. The van der Waals surface area contributed by atoms with Crippen LogP contribution in [-0.4, -0.2) is 25.1 Å². The van der Waals surface area contributed by atoms with Gasteiger partial charge in [-0.1, -0.05) is 6.92 Å².